The maximum absolute atomic E-state index is 13.3. The lowest BCUT2D eigenvalue weighted by atomic mass is 9.75. The van der Waals surface area contributed by atoms with Crippen LogP contribution in [0.4, 0.5) is 5.69 Å². The van der Waals surface area contributed by atoms with E-state index in [9.17, 15) is 14.4 Å². The molecule has 0 aliphatic heterocycles. The first-order valence-corrected chi connectivity index (χ1v) is 10.8. The Balaban J connectivity index is 1.52. The van der Waals surface area contributed by atoms with Crippen molar-refractivity contribution in [1.29, 1.82) is 0 Å². The number of carbonyl (C=O) groups is 3. The molecule has 2 atom stereocenters. The normalized spacial score (nSPS) is 18.3. The molecule has 9 nitrogen and oxygen atoms in total. The largest absolute Gasteiger partial charge is 0.364 e. The molecule has 1 aromatic carbocycles. The molecule has 1 aliphatic rings. The number of aromatic amines is 1. The molecule has 9 heteroatoms. The monoisotopic (exact) mass is 434 g/mol. The van der Waals surface area contributed by atoms with E-state index < -0.39 is 17.7 Å². The zero-order chi connectivity index (χ0) is 22.7. The zero-order valence-corrected chi connectivity index (χ0v) is 17.9. The minimum Gasteiger partial charge on any atom is -0.364 e. The number of amides is 2. The van der Waals surface area contributed by atoms with Gasteiger partial charge in [0.1, 0.15) is 0 Å². The standard InChI is InChI=1S/C23H26N6O3/c1-2-29-13-19(20(28-29)22(24)31)26-23(32)17-6-4-3-5-16(17)21(30)15-9-7-14(8-10-15)18-11-12-25-27-18/h7-13,16-17H,2-6H2,1H3,(H2,24,31)(H,25,27)(H,26,32). The maximum Gasteiger partial charge on any atom is 0.271 e. The number of Topliss-reactive ketones (excluding diaryl/α,β-unsaturated/α-hetero) is 1. The summed E-state index contributed by atoms with van der Waals surface area (Å²) >= 11 is 0. The Morgan fingerprint density at radius 2 is 1.84 bits per heavy atom. The van der Waals surface area contributed by atoms with E-state index in [1.165, 1.54) is 0 Å². The Bertz CT molecular complexity index is 1120. The molecule has 2 amide bonds. The van der Waals surface area contributed by atoms with Gasteiger partial charge in [-0.2, -0.15) is 10.2 Å². The van der Waals surface area contributed by atoms with E-state index in [1.807, 2.05) is 25.1 Å². The van der Waals surface area contributed by atoms with Gasteiger partial charge in [-0.1, -0.05) is 37.1 Å². The highest BCUT2D eigenvalue weighted by Gasteiger charge is 2.36. The summed E-state index contributed by atoms with van der Waals surface area (Å²) < 4.78 is 1.54. The van der Waals surface area contributed by atoms with Crippen molar-refractivity contribution < 1.29 is 14.4 Å². The van der Waals surface area contributed by atoms with Gasteiger partial charge in [0.2, 0.25) is 5.91 Å². The molecule has 1 fully saturated rings. The number of anilines is 1. The number of aromatic nitrogens is 4. The van der Waals surface area contributed by atoms with Crippen LogP contribution in [-0.2, 0) is 11.3 Å². The average molecular weight is 435 g/mol. The first kappa shape index (κ1) is 21.5. The number of H-pyrrole nitrogens is 1. The van der Waals surface area contributed by atoms with E-state index in [1.54, 1.807) is 29.2 Å². The van der Waals surface area contributed by atoms with Crippen molar-refractivity contribution in [1.82, 2.24) is 20.0 Å². The third-order valence-electron chi connectivity index (χ3n) is 6.00. The van der Waals surface area contributed by atoms with Crippen molar-refractivity contribution in [3.05, 3.63) is 54.0 Å². The van der Waals surface area contributed by atoms with Crippen LogP contribution in [-0.4, -0.2) is 37.6 Å². The van der Waals surface area contributed by atoms with Gasteiger partial charge in [-0.3, -0.25) is 24.2 Å². The Kier molecular flexibility index (Phi) is 6.16. The lowest BCUT2D eigenvalue weighted by molar-refractivity contribution is -0.122. The summed E-state index contributed by atoms with van der Waals surface area (Å²) in [6, 6.07) is 9.18. The SMILES string of the molecule is CCn1cc(NC(=O)C2CCCCC2C(=O)c2ccc(-c3ccn[nH]3)cc2)c(C(N)=O)n1. The van der Waals surface area contributed by atoms with Crippen LogP contribution < -0.4 is 11.1 Å². The number of carbonyl (C=O) groups excluding carboxylic acids is 3. The van der Waals surface area contributed by atoms with Crippen LogP contribution in [0, 0.1) is 11.8 Å². The van der Waals surface area contributed by atoms with Crippen molar-refractivity contribution in [3.8, 4) is 11.3 Å². The zero-order valence-electron chi connectivity index (χ0n) is 17.9. The number of nitrogens with two attached hydrogens (primary N) is 1. The van der Waals surface area contributed by atoms with Gasteiger partial charge >= 0.3 is 0 Å². The summed E-state index contributed by atoms with van der Waals surface area (Å²) in [5.74, 6) is -1.92. The van der Waals surface area contributed by atoms with E-state index in [0.717, 1.165) is 24.1 Å². The van der Waals surface area contributed by atoms with Gasteiger partial charge in [0.05, 0.1) is 11.4 Å². The number of primary amides is 1. The van der Waals surface area contributed by atoms with E-state index in [2.05, 4.69) is 20.6 Å². The number of benzene rings is 1. The highest BCUT2D eigenvalue weighted by Crippen LogP contribution is 2.34. The number of hydrogen-bond donors (Lipinski definition) is 3. The molecule has 0 bridgehead atoms. The predicted molar refractivity (Wildman–Crippen MR) is 119 cm³/mol. The third kappa shape index (κ3) is 4.32. The van der Waals surface area contributed by atoms with Gasteiger partial charge in [-0.05, 0) is 31.4 Å². The van der Waals surface area contributed by atoms with Gasteiger partial charge < -0.3 is 11.1 Å². The summed E-state index contributed by atoms with van der Waals surface area (Å²) in [6.45, 7) is 2.41. The molecule has 4 rings (SSSR count). The number of ketones is 1. The van der Waals surface area contributed by atoms with E-state index in [0.29, 0.717) is 24.9 Å². The van der Waals surface area contributed by atoms with Crippen LogP contribution in [0.1, 0.15) is 53.5 Å². The Hall–Kier alpha value is -3.75. The molecular formula is C23H26N6O3. The van der Waals surface area contributed by atoms with Gasteiger partial charge in [0, 0.05) is 36.3 Å². The number of aryl methyl sites for hydroxylation is 1. The van der Waals surface area contributed by atoms with Crippen molar-refractivity contribution in [3.63, 3.8) is 0 Å². The maximum atomic E-state index is 13.3. The fourth-order valence-corrected chi connectivity index (χ4v) is 4.29. The van der Waals surface area contributed by atoms with Crippen molar-refractivity contribution in [2.75, 3.05) is 5.32 Å². The number of nitrogens with one attached hydrogen (secondary N) is 2. The predicted octanol–water partition coefficient (Wildman–Crippen LogP) is 3.02. The van der Waals surface area contributed by atoms with Crippen LogP contribution in [0.2, 0.25) is 0 Å². The fraction of sp³-hybridized carbons (Fsp3) is 0.348. The Labute approximate surface area is 185 Å². The first-order chi connectivity index (χ1) is 15.5. The summed E-state index contributed by atoms with van der Waals surface area (Å²) in [5.41, 5.74) is 8.10. The van der Waals surface area contributed by atoms with Crippen LogP contribution in [0.25, 0.3) is 11.3 Å². The molecular weight excluding hydrogens is 408 g/mol. The molecule has 2 unspecified atom stereocenters. The molecule has 1 saturated carbocycles. The minimum atomic E-state index is -0.707. The van der Waals surface area contributed by atoms with Gasteiger partial charge in [0.25, 0.3) is 5.91 Å². The third-order valence-corrected chi connectivity index (χ3v) is 6.00. The van der Waals surface area contributed by atoms with Crippen LogP contribution >= 0.6 is 0 Å². The van der Waals surface area contributed by atoms with Crippen LogP contribution in [0.5, 0.6) is 0 Å². The molecule has 4 N–H and O–H groups in total. The Morgan fingerprint density at radius 1 is 1.12 bits per heavy atom. The quantitative estimate of drug-likeness (QED) is 0.491. The van der Waals surface area contributed by atoms with Crippen molar-refractivity contribution in [2.45, 2.75) is 39.2 Å². The summed E-state index contributed by atoms with van der Waals surface area (Å²) in [5, 5.41) is 13.8. The summed E-state index contributed by atoms with van der Waals surface area (Å²) in [6.07, 6.45) is 6.29. The van der Waals surface area contributed by atoms with Gasteiger partial charge in [-0.15, -0.1) is 0 Å². The molecule has 3 aromatic rings. The Morgan fingerprint density at radius 3 is 2.47 bits per heavy atom. The number of hydrogen-bond acceptors (Lipinski definition) is 5. The van der Waals surface area contributed by atoms with Crippen LogP contribution in [0.15, 0.2) is 42.7 Å². The topological polar surface area (TPSA) is 136 Å². The minimum absolute atomic E-state index is 0.0216. The molecule has 166 valence electrons. The smallest absolute Gasteiger partial charge is 0.271 e. The van der Waals surface area contributed by atoms with Crippen molar-refractivity contribution in [2.24, 2.45) is 17.6 Å². The first-order valence-electron chi connectivity index (χ1n) is 10.8. The van der Waals surface area contributed by atoms with Gasteiger partial charge in [0.15, 0.2) is 11.5 Å². The summed E-state index contributed by atoms with van der Waals surface area (Å²) in [7, 11) is 0. The lowest BCUT2D eigenvalue weighted by Gasteiger charge is -2.29. The number of rotatable bonds is 7. The second-order valence-corrected chi connectivity index (χ2v) is 8.01. The molecule has 32 heavy (non-hydrogen) atoms. The molecule has 0 spiro atoms. The molecule has 0 saturated heterocycles. The highest BCUT2D eigenvalue weighted by molar-refractivity contribution is 6.05. The lowest BCUT2D eigenvalue weighted by Crippen LogP contribution is -2.36. The molecule has 2 heterocycles. The van der Waals surface area contributed by atoms with Crippen molar-refractivity contribution >= 4 is 23.3 Å². The average Bonchev–Trinajstić information content (AvgIpc) is 3.49. The van der Waals surface area contributed by atoms with E-state index in [-0.39, 0.29) is 23.1 Å². The second kappa shape index (κ2) is 9.17. The van der Waals surface area contributed by atoms with Crippen LogP contribution in [0.3, 0.4) is 0 Å². The van der Waals surface area contributed by atoms with E-state index >= 15 is 0 Å². The van der Waals surface area contributed by atoms with E-state index in [4.69, 9.17) is 5.73 Å². The highest BCUT2D eigenvalue weighted by atomic mass is 16.2. The van der Waals surface area contributed by atoms with Gasteiger partial charge in [-0.25, -0.2) is 0 Å². The fourth-order valence-electron chi connectivity index (χ4n) is 4.29. The molecule has 2 aromatic heterocycles. The second-order valence-electron chi connectivity index (χ2n) is 8.01. The molecule has 0 radical (unpaired) electrons. The number of nitrogens with zero attached hydrogens (tertiary/aromatic N) is 3. The summed E-state index contributed by atoms with van der Waals surface area (Å²) in [4.78, 5) is 38.1. The molecule has 1 aliphatic carbocycles.